The van der Waals surface area contributed by atoms with Gasteiger partial charge in [-0.25, -0.2) is 0 Å². The fraction of sp³-hybridized carbons (Fsp3) is 0.0769. The van der Waals surface area contributed by atoms with Crippen LogP contribution in [0.4, 0.5) is 0 Å². The van der Waals surface area contributed by atoms with Gasteiger partial charge in [0.05, 0.1) is 17.1 Å². The summed E-state index contributed by atoms with van der Waals surface area (Å²) in [5.74, 6) is 0. The summed E-state index contributed by atoms with van der Waals surface area (Å²) in [7, 11) is 0. The Morgan fingerprint density at radius 3 is 3.00 bits per heavy atom. The summed E-state index contributed by atoms with van der Waals surface area (Å²) >= 11 is 1.57. The predicted octanol–water partition coefficient (Wildman–Crippen LogP) is 2.74. The summed E-state index contributed by atoms with van der Waals surface area (Å²) in [6.07, 6.45) is 3.61. The lowest BCUT2D eigenvalue weighted by Crippen LogP contribution is -2.10. The quantitative estimate of drug-likeness (QED) is 0.750. The van der Waals surface area contributed by atoms with E-state index >= 15 is 0 Å². The van der Waals surface area contributed by atoms with E-state index in [1.807, 2.05) is 24.4 Å². The molecule has 3 aromatic rings. The SMILES string of the molecule is NC(c1ccc2cccnc2c1)c1cncs1. The highest BCUT2D eigenvalue weighted by Crippen LogP contribution is 2.24. The first kappa shape index (κ1) is 10.4. The lowest BCUT2D eigenvalue weighted by Gasteiger charge is -2.10. The molecule has 0 aliphatic rings. The standard InChI is InChI=1S/C13H11N3S/c14-13(12-7-15-8-17-12)10-4-3-9-2-1-5-16-11(9)6-10/h1-8,13H,14H2. The van der Waals surface area contributed by atoms with Crippen LogP contribution in [0.25, 0.3) is 10.9 Å². The van der Waals surface area contributed by atoms with Gasteiger partial charge in [-0.05, 0) is 17.7 Å². The van der Waals surface area contributed by atoms with Gasteiger partial charge in [0.1, 0.15) is 0 Å². The summed E-state index contributed by atoms with van der Waals surface area (Å²) in [6.45, 7) is 0. The highest BCUT2D eigenvalue weighted by Gasteiger charge is 2.10. The molecule has 0 radical (unpaired) electrons. The van der Waals surface area contributed by atoms with Gasteiger partial charge in [0.25, 0.3) is 0 Å². The van der Waals surface area contributed by atoms with Crippen LogP contribution in [0.2, 0.25) is 0 Å². The minimum absolute atomic E-state index is 0.117. The Morgan fingerprint density at radius 1 is 1.24 bits per heavy atom. The van der Waals surface area contributed by atoms with E-state index in [2.05, 4.69) is 22.1 Å². The first-order chi connectivity index (χ1) is 8.34. The number of fused-ring (bicyclic) bond motifs is 1. The van der Waals surface area contributed by atoms with Crippen molar-refractivity contribution in [1.29, 1.82) is 0 Å². The van der Waals surface area contributed by atoms with E-state index in [9.17, 15) is 0 Å². The first-order valence-electron chi connectivity index (χ1n) is 5.33. The molecule has 0 aliphatic heterocycles. The topological polar surface area (TPSA) is 51.8 Å². The van der Waals surface area contributed by atoms with Crippen molar-refractivity contribution in [2.24, 2.45) is 5.73 Å². The number of thiazole rings is 1. The largest absolute Gasteiger partial charge is 0.320 e. The number of rotatable bonds is 2. The molecule has 0 fully saturated rings. The molecule has 0 aliphatic carbocycles. The third-order valence-corrected chi connectivity index (χ3v) is 3.61. The number of nitrogens with zero attached hydrogens (tertiary/aromatic N) is 2. The van der Waals surface area contributed by atoms with E-state index in [0.717, 1.165) is 21.3 Å². The van der Waals surface area contributed by atoms with Crippen molar-refractivity contribution >= 4 is 22.2 Å². The number of hydrogen-bond acceptors (Lipinski definition) is 4. The average molecular weight is 241 g/mol. The molecule has 0 bridgehead atoms. The summed E-state index contributed by atoms with van der Waals surface area (Å²) in [6, 6.07) is 10.0. The Balaban J connectivity index is 2.06. The molecule has 0 saturated heterocycles. The molecular formula is C13H11N3S. The van der Waals surface area contributed by atoms with E-state index in [-0.39, 0.29) is 6.04 Å². The molecular weight excluding hydrogens is 230 g/mol. The second kappa shape index (κ2) is 4.24. The molecule has 1 atom stereocenters. The van der Waals surface area contributed by atoms with Crippen LogP contribution in [0.1, 0.15) is 16.5 Å². The number of benzene rings is 1. The van der Waals surface area contributed by atoms with E-state index in [1.54, 1.807) is 23.0 Å². The van der Waals surface area contributed by atoms with Gasteiger partial charge in [-0.2, -0.15) is 0 Å². The number of aromatic nitrogens is 2. The third-order valence-electron chi connectivity index (χ3n) is 2.75. The maximum Gasteiger partial charge on any atom is 0.0794 e. The molecule has 0 spiro atoms. The van der Waals surface area contributed by atoms with Crippen LogP contribution in [0.3, 0.4) is 0 Å². The molecule has 0 saturated carbocycles. The molecule has 2 N–H and O–H groups in total. The fourth-order valence-electron chi connectivity index (χ4n) is 1.82. The van der Waals surface area contributed by atoms with Crippen LogP contribution in [0, 0.1) is 0 Å². The van der Waals surface area contributed by atoms with Gasteiger partial charge in [0.15, 0.2) is 0 Å². The van der Waals surface area contributed by atoms with E-state index in [4.69, 9.17) is 5.73 Å². The van der Waals surface area contributed by atoms with Crippen LogP contribution in [0.15, 0.2) is 48.2 Å². The lowest BCUT2D eigenvalue weighted by molar-refractivity contribution is 0.891. The lowest BCUT2D eigenvalue weighted by atomic mass is 10.0. The second-order valence-corrected chi connectivity index (χ2v) is 4.75. The molecule has 84 valence electrons. The van der Waals surface area contributed by atoms with Crippen molar-refractivity contribution in [2.45, 2.75) is 6.04 Å². The van der Waals surface area contributed by atoms with Crippen LogP contribution in [-0.4, -0.2) is 9.97 Å². The molecule has 2 heterocycles. The number of pyridine rings is 1. The molecule has 1 aromatic carbocycles. The maximum absolute atomic E-state index is 6.19. The zero-order valence-electron chi connectivity index (χ0n) is 9.08. The van der Waals surface area contributed by atoms with E-state index < -0.39 is 0 Å². The zero-order chi connectivity index (χ0) is 11.7. The van der Waals surface area contributed by atoms with Gasteiger partial charge < -0.3 is 5.73 Å². The summed E-state index contributed by atoms with van der Waals surface area (Å²) in [4.78, 5) is 9.46. The van der Waals surface area contributed by atoms with Gasteiger partial charge in [0, 0.05) is 22.7 Å². The van der Waals surface area contributed by atoms with Crippen molar-refractivity contribution in [3.8, 4) is 0 Å². The average Bonchev–Trinajstić information content (AvgIpc) is 2.91. The maximum atomic E-state index is 6.19. The van der Waals surface area contributed by atoms with Gasteiger partial charge >= 0.3 is 0 Å². The van der Waals surface area contributed by atoms with E-state index in [0.29, 0.717) is 0 Å². The summed E-state index contributed by atoms with van der Waals surface area (Å²) in [5.41, 5.74) is 10.0. The smallest absolute Gasteiger partial charge is 0.0794 e. The van der Waals surface area contributed by atoms with Crippen LogP contribution < -0.4 is 5.73 Å². The molecule has 17 heavy (non-hydrogen) atoms. The summed E-state index contributed by atoms with van der Waals surface area (Å²) < 4.78 is 0. The van der Waals surface area contributed by atoms with Gasteiger partial charge in [0.2, 0.25) is 0 Å². The van der Waals surface area contributed by atoms with Crippen molar-refractivity contribution in [3.05, 3.63) is 58.7 Å². The van der Waals surface area contributed by atoms with Gasteiger partial charge in [-0.3, -0.25) is 9.97 Å². The molecule has 3 rings (SSSR count). The molecule has 3 nitrogen and oxygen atoms in total. The van der Waals surface area contributed by atoms with Crippen molar-refractivity contribution in [3.63, 3.8) is 0 Å². The van der Waals surface area contributed by atoms with Crippen LogP contribution >= 0.6 is 11.3 Å². The van der Waals surface area contributed by atoms with E-state index in [1.165, 1.54) is 0 Å². The Bertz CT molecular complexity index is 634. The molecule has 1 unspecified atom stereocenters. The predicted molar refractivity (Wildman–Crippen MR) is 69.9 cm³/mol. The monoisotopic (exact) mass is 241 g/mol. The molecule has 4 heteroatoms. The normalized spacial score (nSPS) is 12.8. The zero-order valence-corrected chi connectivity index (χ0v) is 9.89. The highest BCUT2D eigenvalue weighted by atomic mass is 32.1. The second-order valence-electron chi connectivity index (χ2n) is 3.84. The van der Waals surface area contributed by atoms with Gasteiger partial charge in [-0.15, -0.1) is 11.3 Å². The number of hydrogen-bond donors (Lipinski definition) is 1. The van der Waals surface area contributed by atoms with Crippen molar-refractivity contribution < 1.29 is 0 Å². The minimum Gasteiger partial charge on any atom is -0.320 e. The minimum atomic E-state index is -0.117. The Kier molecular flexibility index (Phi) is 2.59. The molecule has 2 aromatic heterocycles. The Labute approximate surface area is 103 Å². The third kappa shape index (κ3) is 1.92. The highest BCUT2D eigenvalue weighted by molar-refractivity contribution is 7.09. The van der Waals surface area contributed by atoms with Gasteiger partial charge in [-0.1, -0.05) is 18.2 Å². The molecule has 0 amide bonds. The first-order valence-corrected chi connectivity index (χ1v) is 6.21. The summed E-state index contributed by atoms with van der Waals surface area (Å²) in [5, 5.41) is 1.13. The Hall–Kier alpha value is -1.78. The van der Waals surface area contributed by atoms with Crippen LogP contribution in [-0.2, 0) is 0 Å². The van der Waals surface area contributed by atoms with Crippen LogP contribution in [0.5, 0.6) is 0 Å². The van der Waals surface area contributed by atoms with Crippen molar-refractivity contribution in [1.82, 2.24) is 9.97 Å². The number of nitrogens with two attached hydrogens (primary N) is 1. The fourth-order valence-corrected chi connectivity index (χ4v) is 2.47. The van der Waals surface area contributed by atoms with Crippen molar-refractivity contribution in [2.75, 3.05) is 0 Å². The Morgan fingerprint density at radius 2 is 2.18 bits per heavy atom.